The highest BCUT2D eigenvalue weighted by molar-refractivity contribution is 5.21. The average Bonchev–Trinajstić information content (AvgIpc) is 2.39. The maximum atomic E-state index is 5.23. The Bertz CT molecular complexity index is 312. The maximum absolute atomic E-state index is 5.23. The van der Waals surface area contributed by atoms with Gasteiger partial charge in [-0.25, -0.2) is 4.98 Å². The molecule has 1 aromatic heterocycles. The van der Waals surface area contributed by atoms with Crippen LogP contribution in [0.15, 0.2) is 12.4 Å². The van der Waals surface area contributed by atoms with Gasteiger partial charge in [-0.1, -0.05) is 6.92 Å². The van der Waals surface area contributed by atoms with Crippen molar-refractivity contribution in [3.05, 3.63) is 18.1 Å². The molecule has 0 spiro atoms. The van der Waals surface area contributed by atoms with Gasteiger partial charge < -0.3 is 14.8 Å². The van der Waals surface area contributed by atoms with Crippen LogP contribution in [0.1, 0.15) is 31.5 Å². The molecular weight excluding hydrogens is 218 g/mol. The average molecular weight is 239 g/mol. The number of nitrogens with zero attached hydrogens (tertiary/aromatic N) is 2. The van der Waals surface area contributed by atoms with Crippen molar-refractivity contribution in [1.82, 2.24) is 15.3 Å². The summed E-state index contributed by atoms with van der Waals surface area (Å²) in [6, 6.07) is 0.124. The van der Waals surface area contributed by atoms with Crippen LogP contribution >= 0.6 is 0 Å². The van der Waals surface area contributed by atoms with Crippen molar-refractivity contribution in [2.24, 2.45) is 0 Å². The van der Waals surface area contributed by atoms with Crippen LogP contribution in [-0.4, -0.2) is 37.3 Å². The minimum absolute atomic E-state index is 0.124. The third-order valence-corrected chi connectivity index (χ3v) is 2.47. The SMILES string of the molecule is CCCNC(CCOC)c1nccnc1OC. The smallest absolute Gasteiger partial charge is 0.236 e. The molecule has 5 heteroatoms. The highest BCUT2D eigenvalue weighted by atomic mass is 16.5. The fourth-order valence-corrected chi connectivity index (χ4v) is 1.62. The van der Waals surface area contributed by atoms with E-state index >= 15 is 0 Å². The van der Waals surface area contributed by atoms with E-state index in [0.29, 0.717) is 12.5 Å². The molecule has 0 amide bonds. The summed E-state index contributed by atoms with van der Waals surface area (Å²) < 4.78 is 10.4. The molecule has 0 aliphatic carbocycles. The number of hydrogen-bond acceptors (Lipinski definition) is 5. The zero-order valence-electron chi connectivity index (χ0n) is 10.8. The first-order valence-corrected chi connectivity index (χ1v) is 5.90. The number of ether oxygens (including phenoxy) is 2. The van der Waals surface area contributed by atoms with Crippen LogP contribution in [0.4, 0.5) is 0 Å². The molecule has 0 saturated heterocycles. The summed E-state index contributed by atoms with van der Waals surface area (Å²) in [4.78, 5) is 8.52. The molecule has 0 fully saturated rings. The van der Waals surface area contributed by atoms with Crippen molar-refractivity contribution in [3.8, 4) is 5.88 Å². The second-order valence-corrected chi connectivity index (χ2v) is 3.74. The summed E-state index contributed by atoms with van der Waals surface area (Å²) in [5.74, 6) is 0.581. The topological polar surface area (TPSA) is 56.3 Å². The molecule has 1 unspecified atom stereocenters. The summed E-state index contributed by atoms with van der Waals surface area (Å²) >= 11 is 0. The van der Waals surface area contributed by atoms with Crippen LogP contribution in [0.5, 0.6) is 5.88 Å². The Morgan fingerprint density at radius 3 is 2.71 bits per heavy atom. The van der Waals surface area contributed by atoms with Gasteiger partial charge in [-0.05, 0) is 19.4 Å². The molecule has 17 heavy (non-hydrogen) atoms. The summed E-state index contributed by atoms with van der Waals surface area (Å²) in [6.07, 6.45) is 5.25. The van der Waals surface area contributed by atoms with Crippen LogP contribution < -0.4 is 10.1 Å². The Morgan fingerprint density at radius 2 is 2.06 bits per heavy atom. The first kappa shape index (κ1) is 13.9. The Labute approximate surface area is 103 Å². The summed E-state index contributed by atoms with van der Waals surface area (Å²) in [6.45, 7) is 3.75. The minimum Gasteiger partial charge on any atom is -0.480 e. The molecule has 0 radical (unpaired) electrons. The predicted octanol–water partition coefficient (Wildman–Crippen LogP) is 1.56. The van der Waals surface area contributed by atoms with E-state index in [4.69, 9.17) is 9.47 Å². The normalized spacial score (nSPS) is 12.4. The molecule has 1 atom stereocenters. The lowest BCUT2D eigenvalue weighted by atomic mass is 10.1. The van der Waals surface area contributed by atoms with Crippen molar-refractivity contribution in [3.63, 3.8) is 0 Å². The molecule has 5 nitrogen and oxygen atoms in total. The van der Waals surface area contributed by atoms with Crippen LogP contribution in [0.2, 0.25) is 0 Å². The van der Waals surface area contributed by atoms with Gasteiger partial charge in [0.15, 0.2) is 0 Å². The lowest BCUT2D eigenvalue weighted by molar-refractivity contribution is 0.181. The van der Waals surface area contributed by atoms with Gasteiger partial charge in [0.1, 0.15) is 5.69 Å². The molecule has 0 saturated carbocycles. The Kier molecular flexibility index (Phi) is 6.50. The largest absolute Gasteiger partial charge is 0.480 e. The maximum Gasteiger partial charge on any atom is 0.236 e. The van der Waals surface area contributed by atoms with Crippen LogP contribution in [0.3, 0.4) is 0 Å². The van der Waals surface area contributed by atoms with Crippen molar-refractivity contribution in [1.29, 1.82) is 0 Å². The molecule has 0 bridgehead atoms. The van der Waals surface area contributed by atoms with Gasteiger partial charge in [0, 0.05) is 26.1 Å². The van der Waals surface area contributed by atoms with Crippen molar-refractivity contribution < 1.29 is 9.47 Å². The quantitative estimate of drug-likeness (QED) is 0.746. The van der Waals surface area contributed by atoms with E-state index in [2.05, 4.69) is 22.2 Å². The second kappa shape index (κ2) is 7.97. The number of nitrogens with one attached hydrogen (secondary N) is 1. The van der Waals surface area contributed by atoms with Gasteiger partial charge in [0.05, 0.1) is 13.2 Å². The van der Waals surface area contributed by atoms with Gasteiger partial charge in [0.2, 0.25) is 5.88 Å². The summed E-state index contributed by atoms with van der Waals surface area (Å²) in [5.41, 5.74) is 0.848. The van der Waals surface area contributed by atoms with E-state index in [9.17, 15) is 0 Å². The molecule has 0 aromatic carbocycles. The Hall–Kier alpha value is -1.20. The molecule has 1 N–H and O–H groups in total. The third-order valence-electron chi connectivity index (χ3n) is 2.47. The first-order chi connectivity index (χ1) is 8.33. The van der Waals surface area contributed by atoms with E-state index in [-0.39, 0.29) is 6.04 Å². The fraction of sp³-hybridized carbons (Fsp3) is 0.667. The zero-order valence-corrected chi connectivity index (χ0v) is 10.8. The van der Waals surface area contributed by atoms with Crippen molar-refractivity contribution >= 4 is 0 Å². The highest BCUT2D eigenvalue weighted by Crippen LogP contribution is 2.22. The Morgan fingerprint density at radius 1 is 1.29 bits per heavy atom. The van der Waals surface area contributed by atoms with Crippen molar-refractivity contribution in [2.75, 3.05) is 27.4 Å². The standard InChI is InChI=1S/C12H21N3O2/c1-4-6-13-10(5-9-16-2)11-12(17-3)15-8-7-14-11/h7-8,10,13H,4-6,9H2,1-3H3. The van der Waals surface area contributed by atoms with E-state index in [1.54, 1.807) is 26.6 Å². The number of hydrogen-bond donors (Lipinski definition) is 1. The molecule has 1 rings (SSSR count). The third kappa shape index (κ3) is 4.28. The van der Waals surface area contributed by atoms with Gasteiger partial charge >= 0.3 is 0 Å². The van der Waals surface area contributed by atoms with E-state index in [1.807, 2.05) is 0 Å². The Balaban J connectivity index is 2.78. The fourth-order valence-electron chi connectivity index (χ4n) is 1.62. The summed E-state index contributed by atoms with van der Waals surface area (Å²) in [7, 11) is 3.31. The number of methoxy groups -OCH3 is 2. The van der Waals surface area contributed by atoms with Gasteiger partial charge in [-0.15, -0.1) is 0 Å². The second-order valence-electron chi connectivity index (χ2n) is 3.74. The number of rotatable bonds is 8. The van der Waals surface area contributed by atoms with Crippen molar-refractivity contribution in [2.45, 2.75) is 25.8 Å². The highest BCUT2D eigenvalue weighted by Gasteiger charge is 2.17. The zero-order chi connectivity index (χ0) is 12.5. The molecule has 0 aliphatic rings. The molecule has 96 valence electrons. The van der Waals surface area contributed by atoms with Crippen LogP contribution in [0.25, 0.3) is 0 Å². The van der Waals surface area contributed by atoms with E-state index in [0.717, 1.165) is 25.1 Å². The summed E-state index contributed by atoms with van der Waals surface area (Å²) in [5, 5.41) is 3.43. The minimum atomic E-state index is 0.124. The first-order valence-electron chi connectivity index (χ1n) is 5.90. The molecule has 1 heterocycles. The molecule has 1 aromatic rings. The lowest BCUT2D eigenvalue weighted by Crippen LogP contribution is -2.25. The van der Waals surface area contributed by atoms with E-state index in [1.165, 1.54) is 0 Å². The lowest BCUT2D eigenvalue weighted by Gasteiger charge is -2.18. The number of aromatic nitrogens is 2. The van der Waals surface area contributed by atoms with Gasteiger partial charge in [0.25, 0.3) is 0 Å². The van der Waals surface area contributed by atoms with Gasteiger partial charge in [-0.2, -0.15) is 0 Å². The van der Waals surface area contributed by atoms with Gasteiger partial charge in [-0.3, -0.25) is 4.98 Å². The monoisotopic (exact) mass is 239 g/mol. The van der Waals surface area contributed by atoms with Crippen LogP contribution in [0, 0.1) is 0 Å². The van der Waals surface area contributed by atoms with E-state index < -0.39 is 0 Å². The van der Waals surface area contributed by atoms with Crippen LogP contribution in [-0.2, 0) is 4.74 Å². The molecule has 0 aliphatic heterocycles. The predicted molar refractivity (Wildman–Crippen MR) is 66.1 cm³/mol. The molecular formula is C12H21N3O2.